The summed E-state index contributed by atoms with van der Waals surface area (Å²) < 4.78 is 26.3. The van der Waals surface area contributed by atoms with Crippen molar-refractivity contribution in [3.63, 3.8) is 0 Å². The fraction of sp³-hybridized carbons (Fsp3) is 0.381. The predicted molar refractivity (Wildman–Crippen MR) is 118 cm³/mol. The van der Waals surface area contributed by atoms with Gasteiger partial charge in [-0.2, -0.15) is 0 Å². The molecule has 8 heteroatoms. The first kappa shape index (κ1) is 21.5. The fourth-order valence-electron chi connectivity index (χ4n) is 3.69. The zero-order chi connectivity index (χ0) is 21.0. The molecule has 156 valence electrons. The highest BCUT2D eigenvalue weighted by Gasteiger charge is 2.35. The van der Waals surface area contributed by atoms with Crippen molar-refractivity contribution in [1.82, 2.24) is 4.90 Å². The summed E-state index contributed by atoms with van der Waals surface area (Å²) in [6, 6.07) is 15.7. The largest absolute Gasteiger partial charge is 0.368 e. The molecule has 0 spiro atoms. The number of para-hydroxylation sites is 1. The average Bonchev–Trinajstić information content (AvgIpc) is 2.71. The van der Waals surface area contributed by atoms with Crippen molar-refractivity contribution >= 4 is 38.9 Å². The molecule has 3 rings (SSSR count). The van der Waals surface area contributed by atoms with Crippen LogP contribution in [0.25, 0.3) is 0 Å². The van der Waals surface area contributed by atoms with Gasteiger partial charge in [0.25, 0.3) is 0 Å². The number of piperazine rings is 1. The standard InChI is InChI=1S/C21H26ClN3O3S/c1-3-20(25(29(2,27)28)18-9-5-4-6-10-18)21(26)24-14-12-23(13-15-24)19-11-7-8-17(22)16-19/h4-11,16,20H,3,12-15H2,1-2H3/t20-/m1/s1. The lowest BCUT2D eigenvalue weighted by atomic mass is 10.1. The van der Waals surface area contributed by atoms with Crippen LogP contribution in [-0.4, -0.2) is 57.7 Å². The van der Waals surface area contributed by atoms with Gasteiger partial charge >= 0.3 is 0 Å². The van der Waals surface area contributed by atoms with Crippen LogP contribution in [0.4, 0.5) is 11.4 Å². The lowest BCUT2D eigenvalue weighted by molar-refractivity contribution is -0.132. The van der Waals surface area contributed by atoms with Gasteiger partial charge in [0.2, 0.25) is 15.9 Å². The van der Waals surface area contributed by atoms with Gasteiger partial charge in [0.05, 0.1) is 11.9 Å². The maximum atomic E-state index is 13.3. The predicted octanol–water partition coefficient (Wildman–Crippen LogP) is 3.23. The first-order chi connectivity index (χ1) is 13.8. The summed E-state index contributed by atoms with van der Waals surface area (Å²) in [6.45, 7) is 4.26. The number of rotatable bonds is 6. The summed E-state index contributed by atoms with van der Waals surface area (Å²) >= 11 is 6.09. The van der Waals surface area contributed by atoms with Crippen molar-refractivity contribution in [3.05, 3.63) is 59.6 Å². The Labute approximate surface area is 177 Å². The Kier molecular flexibility index (Phi) is 6.70. The summed E-state index contributed by atoms with van der Waals surface area (Å²) in [5.74, 6) is -0.160. The number of carbonyl (C=O) groups is 1. The molecule has 1 heterocycles. The number of hydrogen-bond donors (Lipinski definition) is 0. The topological polar surface area (TPSA) is 60.9 Å². The summed E-state index contributed by atoms with van der Waals surface area (Å²) in [5.41, 5.74) is 1.53. The number of hydrogen-bond acceptors (Lipinski definition) is 4. The van der Waals surface area contributed by atoms with E-state index in [0.717, 1.165) is 11.9 Å². The van der Waals surface area contributed by atoms with Crippen molar-refractivity contribution in [2.24, 2.45) is 0 Å². The average molecular weight is 436 g/mol. The van der Waals surface area contributed by atoms with Gasteiger partial charge in [-0.3, -0.25) is 9.10 Å². The molecule has 1 atom stereocenters. The zero-order valence-corrected chi connectivity index (χ0v) is 18.2. The highest BCUT2D eigenvalue weighted by atomic mass is 35.5. The Morgan fingerprint density at radius 1 is 1.07 bits per heavy atom. The molecule has 0 aromatic heterocycles. The Morgan fingerprint density at radius 3 is 2.28 bits per heavy atom. The van der Waals surface area contributed by atoms with Crippen LogP contribution in [0.1, 0.15) is 13.3 Å². The molecule has 0 unspecified atom stereocenters. The maximum absolute atomic E-state index is 13.3. The van der Waals surface area contributed by atoms with E-state index in [9.17, 15) is 13.2 Å². The molecule has 1 aliphatic rings. The van der Waals surface area contributed by atoms with Crippen LogP contribution in [0.15, 0.2) is 54.6 Å². The van der Waals surface area contributed by atoms with E-state index in [4.69, 9.17) is 11.6 Å². The van der Waals surface area contributed by atoms with E-state index in [0.29, 0.717) is 43.3 Å². The van der Waals surface area contributed by atoms with Crippen LogP contribution >= 0.6 is 11.6 Å². The SMILES string of the molecule is CC[C@H](C(=O)N1CCN(c2cccc(Cl)c2)CC1)N(c1ccccc1)S(C)(=O)=O. The molecular formula is C21H26ClN3O3S. The normalized spacial score (nSPS) is 15.8. The summed E-state index contributed by atoms with van der Waals surface area (Å²) in [5, 5.41) is 0.679. The van der Waals surface area contributed by atoms with E-state index >= 15 is 0 Å². The second kappa shape index (κ2) is 9.05. The third-order valence-corrected chi connectivity index (χ3v) is 6.50. The van der Waals surface area contributed by atoms with E-state index in [1.54, 1.807) is 29.2 Å². The Morgan fingerprint density at radius 2 is 1.72 bits per heavy atom. The molecule has 2 aromatic rings. The molecule has 1 aliphatic heterocycles. The lowest BCUT2D eigenvalue weighted by Crippen LogP contribution is -2.56. The van der Waals surface area contributed by atoms with Crippen LogP contribution < -0.4 is 9.21 Å². The third kappa shape index (κ3) is 5.03. The number of nitrogens with zero attached hydrogens (tertiary/aromatic N) is 3. The highest BCUT2D eigenvalue weighted by Crippen LogP contribution is 2.25. The number of amides is 1. The van der Waals surface area contributed by atoms with Gasteiger partial charge in [0, 0.05) is 36.9 Å². The smallest absolute Gasteiger partial charge is 0.246 e. The quantitative estimate of drug-likeness (QED) is 0.698. The Bertz CT molecular complexity index is 945. The van der Waals surface area contributed by atoms with Gasteiger partial charge in [-0.25, -0.2) is 8.42 Å². The first-order valence-corrected chi connectivity index (χ1v) is 11.9. The van der Waals surface area contributed by atoms with E-state index in [1.807, 2.05) is 37.3 Å². The van der Waals surface area contributed by atoms with Crippen molar-refractivity contribution in [1.29, 1.82) is 0 Å². The van der Waals surface area contributed by atoms with Crippen molar-refractivity contribution in [2.45, 2.75) is 19.4 Å². The number of benzene rings is 2. The van der Waals surface area contributed by atoms with Gasteiger partial charge in [-0.1, -0.05) is 42.8 Å². The van der Waals surface area contributed by atoms with Crippen molar-refractivity contribution in [3.8, 4) is 0 Å². The van der Waals surface area contributed by atoms with Crippen molar-refractivity contribution < 1.29 is 13.2 Å². The van der Waals surface area contributed by atoms with Crippen LogP contribution in [0, 0.1) is 0 Å². The first-order valence-electron chi connectivity index (χ1n) is 9.65. The molecule has 0 bridgehead atoms. The molecule has 1 saturated heterocycles. The summed E-state index contributed by atoms with van der Waals surface area (Å²) in [7, 11) is -3.61. The minimum atomic E-state index is -3.61. The van der Waals surface area contributed by atoms with Gasteiger partial charge in [0.1, 0.15) is 6.04 Å². The second-order valence-electron chi connectivity index (χ2n) is 7.11. The maximum Gasteiger partial charge on any atom is 0.246 e. The number of halogens is 1. The highest BCUT2D eigenvalue weighted by molar-refractivity contribution is 7.92. The number of anilines is 2. The third-order valence-electron chi connectivity index (χ3n) is 5.09. The van der Waals surface area contributed by atoms with E-state index < -0.39 is 16.1 Å². The Balaban J connectivity index is 1.76. The van der Waals surface area contributed by atoms with Gasteiger partial charge in [-0.05, 0) is 36.8 Å². The molecule has 1 fully saturated rings. The lowest BCUT2D eigenvalue weighted by Gasteiger charge is -2.39. The van der Waals surface area contributed by atoms with Crippen LogP contribution in [-0.2, 0) is 14.8 Å². The minimum absolute atomic E-state index is 0.160. The summed E-state index contributed by atoms with van der Waals surface area (Å²) in [4.78, 5) is 17.2. The van der Waals surface area contributed by atoms with Crippen LogP contribution in [0.2, 0.25) is 5.02 Å². The van der Waals surface area contributed by atoms with Crippen molar-refractivity contribution in [2.75, 3.05) is 41.6 Å². The van der Waals surface area contributed by atoms with Gasteiger partial charge < -0.3 is 9.80 Å². The van der Waals surface area contributed by atoms with E-state index in [1.165, 1.54) is 4.31 Å². The molecule has 0 radical (unpaired) electrons. The second-order valence-corrected chi connectivity index (χ2v) is 9.41. The van der Waals surface area contributed by atoms with E-state index in [-0.39, 0.29) is 5.91 Å². The van der Waals surface area contributed by atoms with E-state index in [2.05, 4.69) is 4.90 Å². The molecule has 0 saturated carbocycles. The van der Waals surface area contributed by atoms with Gasteiger partial charge in [-0.15, -0.1) is 0 Å². The Hall–Kier alpha value is -2.25. The van der Waals surface area contributed by atoms with Crippen LogP contribution in [0.5, 0.6) is 0 Å². The molecule has 6 nitrogen and oxygen atoms in total. The zero-order valence-electron chi connectivity index (χ0n) is 16.7. The monoisotopic (exact) mass is 435 g/mol. The van der Waals surface area contributed by atoms with Crippen LogP contribution in [0.3, 0.4) is 0 Å². The number of carbonyl (C=O) groups excluding carboxylic acids is 1. The molecule has 29 heavy (non-hydrogen) atoms. The molecule has 1 amide bonds. The molecular weight excluding hydrogens is 410 g/mol. The fourth-order valence-corrected chi connectivity index (χ4v) is 5.08. The molecule has 0 aliphatic carbocycles. The summed E-state index contributed by atoms with van der Waals surface area (Å²) in [6.07, 6.45) is 1.54. The molecule has 0 N–H and O–H groups in total. The minimum Gasteiger partial charge on any atom is -0.368 e. The molecule has 2 aromatic carbocycles. The van der Waals surface area contributed by atoms with Gasteiger partial charge in [0.15, 0.2) is 0 Å². The number of sulfonamides is 1.